The quantitative estimate of drug-likeness (QED) is 0.853. The van der Waals surface area contributed by atoms with E-state index < -0.39 is 10.0 Å². The molecule has 20 heavy (non-hydrogen) atoms. The topological polar surface area (TPSA) is 72.2 Å². The smallest absolute Gasteiger partial charge is 0.243 e. The van der Waals surface area contributed by atoms with Gasteiger partial charge >= 0.3 is 0 Å². The SMILES string of the molecule is Cc1ccc(C)c(S(=O)(=O)NC(C)c2cccs2)c1N. The molecule has 0 aliphatic carbocycles. The van der Waals surface area contributed by atoms with Crippen LogP contribution in [0.3, 0.4) is 0 Å². The van der Waals surface area contributed by atoms with Crippen molar-refractivity contribution in [3.63, 3.8) is 0 Å². The number of sulfonamides is 1. The average molecular weight is 310 g/mol. The second-order valence-corrected chi connectivity index (χ2v) is 7.43. The lowest BCUT2D eigenvalue weighted by Crippen LogP contribution is -2.28. The van der Waals surface area contributed by atoms with Gasteiger partial charge in [0.2, 0.25) is 10.0 Å². The van der Waals surface area contributed by atoms with Crippen LogP contribution in [-0.4, -0.2) is 8.42 Å². The molecular weight excluding hydrogens is 292 g/mol. The van der Waals surface area contributed by atoms with Gasteiger partial charge in [0, 0.05) is 4.88 Å². The number of rotatable bonds is 4. The van der Waals surface area contributed by atoms with Crippen molar-refractivity contribution in [2.45, 2.75) is 31.7 Å². The Bertz CT molecular complexity index is 707. The summed E-state index contributed by atoms with van der Waals surface area (Å²) in [4.78, 5) is 1.15. The Kier molecular flexibility index (Phi) is 4.17. The number of hydrogen-bond acceptors (Lipinski definition) is 4. The molecule has 1 aromatic carbocycles. The molecule has 0 aliphatic heterocycles. The summed E-state index contributed by atoms with van der Waals surface area (Å²) in [7, 11) is -3.64. The van der Waals surface area contributed by atoms with Crippen LogP contribution in [0.15, 0.2) is 34.5 Å². The summed E-state index contributed by atoms with van der Waals surface area (Å²) in [6, 6.07) is 7.13. The van der Waals surface area contributed by atoms with E-state index in [0.717, 1.165) is 10.4 Å². The number of hydrogen-bond donors (Lipinski definition) is 2. The molecule has 0 bridgehead atoms. The van der Waals surface area contributed by atoms with E-state index in [1.165, 1.54) is 11.3 Å². The zero-order chi connectivity index (χ0) is 14.9. The zero-order valence-electron chi connectivity index (χ0n) is 11.7. The molecule has 2 aromatic rings. The molecule has 1 aromatic heterocycles. The van der Waals surface area contributed by atoms with Crippen molar-refractivity contribution >= 4 is 27.0 Å². The van der Waals surface area contributed by atoms with Crippen LogP contribution in [0, 0.1) is 13.8 Å². The molecule has 0 aliphatic rings. The molecule has 0 spiro atoms. The summed E-state index contributed by atoms with van der Waals surface area (Å²) in [5.74, 6) is 0. The van der Waals surface area contributed by atoms with Gasteiger partial charge in [0.1, 0.15) is 4.90 Å². The maximum absolute atomic E-state index is 12.5. The third-order valence-corrected chi connectivity index (χ3v) is 5.98. The van der Waals surface area contributed by atoms with Gasteiger partial charge in [-0.3, -0.25) is 0 Å². The van der Waals surface area contributed by atoms with E-state index in [-0.39, 0.29) is 10.9 Å². The maximum atomic E-state index is 12.5. The largest absolute Gasteiger partial charge is 0.397 e. The molecule has 0 radical (unpaired) electrons. The highest BCUT2D eigenvalue weighted by atomic mass is 32.2. The highest BCUT2D eigenvalue weighted by Gasteiger charge is 2.24. The van der Waals surface area contributed by atoms with E-state index in [0.29, 0.717) is 11.3 Å². The van der Waals surface area contributed by atoms with Crippen LogP contribution in [0.2, 0.25) is 0 Å². The average Bonchev–Trinajstić information content (AvgIpc) is 2.87. The summed E-state index contributed by atoms with van der Waals surface area (Å²) in [5.41, 5.74) is 7.68. The Morgan fingerprint density at radius 1 is 1.20 bits per heavy atom. The number of nitrogens with one attached hydrogen (secondary N) is 1. The van der Waals surface area contributed by atoms with Gasteiger partial charge in [0.15, 0.2) is 0 Å². The predicted octanol–water partition coefficient (Wildman–Crippen LogP) is 2.99. The third kappa shape index (κ3) is 2.87. The van der Waals surface area contributed by atoms with Crippen molar-refractivity contribution in [2.75, 3.05) is 5.73 Å². The molecule has 1 atom stereocenters. The van der Waals surface area contributed by atoms with Gasteiger partial charge in [0.25, 0.3) is 0 Å². The number of benzene rings is 1. The van der Waals surface area contributed by atoms with Gasteiger partial charge in [-0.1, -0.05) is 18.2 Å². The van der Waals surface area contributed by atoms with Crippen molar-refractivity contribution in [3.05, 3.63) is 45.6 Å². The van der Waals surface area contributed by atoms with Crippen LogP contribution in [0.4, 0.5) is 5.69 Å². The fourth-order valence-corrected chi connectivity index (χ4v) is 4.51. The molecule has 1 heterocycles. The van der Waals surface area contributed by atoms with Crippen LogP contribution in [0.5, 0.6) is 0 Å². The van der Waals surface area contributed by atoms with Crippen LogP contribution < -0.4 is 10.5 Å². The number of thiophene rings is 1. The summed E-state index contributed by atoms with van der Waals surface area (Å²) < 4.78 is 27.8. The van der Waals surface area contributed by atoms with Crippen LogP contribution in [0.1, 0.15) is 29.0 Å². The minimum absolute atomic E-state index is 0.181. The van der Waals surface area contributed by atoms with E-state index in [1.807, 2.05) is 30.5 Å². The minimum atomic E-state index is -3.64. The second-order valence-electron chi connectivity index (χ2n) is 4.80. The Hall–Kier alpha value is -1.37. The van der Waals surface area contributed by atoms with Crippen LogP contribution in [0.25, 0.3) is 0 Å². The summed E-state index contributed by atoms with van der Waals surface area (Å²) in [6.45, 7) is 5.38. The number of anilines is 1. The first-order valence-corrected chi connectivity index (χ1v) is 8.60. The van der Waals surface area contributed by atoms with E-state index in [9.17, 15) is 8.42 Å². The van der Waals surface area contributed by atoms with Crippen molar-refractivity contribution in [1.29, 1.82) is 0 Å². The molecule has 1 unspecified atom stereocenters. The molecule has 0 saturated heterocycles. The maximum Gasteiger partial charge on any atom is 0.243 e. The van der Waals surface area contributed by atoms with Gasteiger partial charge in [0.05, 0.1) is 11.7 Å². The Labute approximate surface area is 123 Å². The Morgan fingerprint density at radius 2 is 1.85 bits per heavy atom. The predicted molar refractivity (Wildman–Crippen MR) is 83.4 cm³/mol. The van der Waals surface area contributed by atoms with E-state index in [4.69, 9.17) is 5.73 Å². The Morgan fingerprint density at radius 3 is 2.45 bits per heavy atom. The minimum Gasteiger partial charge on any atom is -0.397 e. The zero-order valence-corrected chi connectivity index (χ0v) is 13.3. The van der Waals surface area contributed by atoms with E-state index >= 15 is 0 Å². The van der Waals surface area contributed by atoms with Gasteiger partial charge in [-0.15, -0.1) is 11.3 Å². The lowest BCUT2D eigenvalue weighted by atomic mass is 10.1. The molecule has 2 rings (SSSR count). The summed E-state index contributed by atoms with van der Waals surface area (Å²) >= 11 is 1.52. The molecule has 4 nitrogen and oxygen atoms in total. The standard InChI is InChI=1S/C14H18N2O2S2/c1-9-6-7-10(2)14(13(9)15)20(17,18)16-11(3)12-5-4-8-19-12/h4-8,11,16H,15H2,1-3H3. The highest BCUT2D eigenvalue weighted by Crippen LogP contribution is 2.28. The molecule has 108 valence electrons. The number of nitrogen functional groups attached to an aromatic ring is 1. The van der Waals surface area contributed by atoms with Gasteiger partial charge in [-0.2, -0.15) is 0 Å². The fraction of sp³-hybridized carbons (Fsp3) is 0.286. The summed E-state index contributed by atoms with van der Waals surface area (Å²) in [6.07, 6.45) is 0. The first kappa shape index (κ1) is 15.0. The van der Waals surface area contributed by atoms with Crippen molar-refractivity contribution < 1.29 is 8.42 Å². The van der Waals surface area contributed by atoms with E-state index in [1.54, 1.807) is 19.9 Å². The molecule has 0 saturated carbocycles. The first-order valence-electron chi connectivity index (χ1n) is 6.24. The number of nitrogens with two attached hydrogens (primary N) is 1. The van der Waals surface area contributed by atoms with E-state index in [2.05, 4.69) is 4.72 Å². The second kappa shape index (κ2) is 5.55. The molecule has 0 fully saturated rings. The molecule has 0 amide bonds. The molecule has 6 heteroatoms. The first-order chi connectivity index (χ1) is 9.33. The van der Waals surface area contributed by atoms with Crippen molar-refractivity contribution in [3.8, 4) is 0 Å². The van der Waals surface area contributed by atoms with Crippen LogP contribution in [-0.2, 0) is 10.0 Å². The lowest BCUT2D eigenvalue weighted by Gasteiger charge is -2.17. The highest BCUT2D eigenvalue weighted by molar-refractivity contribution is 7.89. The number of aryl methyl sites for hydroxylation is 2. The van der Waals surface area contributed by atoms with Crippen molar-refractivity contribution in [2.24, 2.45) is 0 Å². The normalized spacial score (nSPS) is 13.3. The lowest BCUT2D eigenvalue weighted by molar-refractivity contribution is 0.568. The molecular formula is C14H18N2O2S2. The molecule has 3 N–H and O–H groups in total. The Balaban J connectivity index is 2.39. The monoisotopic (exact) mass is 310 g/mol. The third-order valence-electron chi connectivity index (χ3n) is 3.18. The van der Waals surface area contributed by atoms with Crippen LogP contribution >= 0.6 is 11.3 Å². The van der Waals surface area contributed by atoms with Gasteiger partial charge in [-0.25, -0.2) is 13.1 Å². The van der Waals surface area contributed by atoms with Gasteiger partial charge < -0.3 is 5.73 Å². The van der Waals surface area contributed by atoms with Crippen molar-refractivity contribution in [1.82, 2.24) is 4.72 Å². The summed E-state index contributed by atoms with van der Waals surface area (Å²) in [5, 5.41) is 1.92. The fourth-order valence-electron chi connectivity index (χ4n) is 2.05. The van der Waals surface area contributed by atoms with Gasteiger partial charge in [-0.05, 0) is 43.3 Å².